The Morgan fingerprint density at radius 1 is 0.900 bits per heavy atom. The standard InChI is InChI=1S/C25H25N3O2/c1-2-29-23-16-10-9-15-21(23)25-27-24(30-28-25)18-26-22(20-13-7-4-8-14-20)17-19-11-5-3-6-12-19/h3-16,22,26H,2,17-18H2,1H3. The number of benzene rings is 3. The van der Waals surface area contributed by atoms with Crippen molar-refractivity contribution < 1.29 is 9.26 Å². The number of aromatic nitrogens is 2. The van der Waals surface area contributed by atoms with Gasteiger partial charge >= 0.3 is 0 Å². The highest BCUT2D eigenvalue weighted by Crippen LogP contribution is 2.27. The Hall–Kier alpha value is -3.44. The summed E-state index contributed by atoms with van der Waals surface area (Å²) in [4.78, 5) is 4.58. The van der Waals surface area contributed by atoms with Crippen LogP contribution in [-0.2, 0) is 13.0 Å². The van der Waals surface area contributed by atoms with Crippen molar-refractivity contribution in [2.45, 2.75) is 25.9 Å². The molecule has 0 bridgehead atoms. The molecule has 1 heterocycles. The van der Waals surface area contributed by atoms with Crippen molar-refractivity contribution in [1.29, 1.82) is 0 Å². The highest BCUT2D eigenvalue weighted by molar-refractivity contribution is 5.63. The third-order valence-corrected chi connectivity index (χ3v) is 4.88. The summed E-state index contributed by atoms with van der Waals surface area (Å²) in [5.41, 5.74) is 3.33. The fourth-order valence-corrected chi connectivity index (χ4v) is 3.42. The summed E-state index contributed by atoms with van der Waals surface area (Å²) in [6.07, 6.45) is 0.874. The Labute approximate surface area is 176 Å². The molecule has 4 aromatic rings. The largest absolute Gasteiger partial charge is 0.493 e. The van der Waals surface area contributed by atoms with Crippen molar-refractivity contribution in [3.05, 3.63) is 102 Å². The molecule has 0 saturated carbocycles. The molecule has 1 N–H and O–H groups in total. The van der Waals surface area contributed by atoms with E-state index in [4.69, 9.17) is 9.26 Å². The Morgan fingerprint density at radius 3 is 2.37 bits per heavy atom. The number of hydrogen-bond acceptors (Lipinski definition) is 5. The maximum Gasteiger partial charge on any atom is 0.240 e. The van der Waals surface area contributed by atoms with Gasteiger partial charge in [-0.15, -0.1) is 0 Å². The van der Waals surface area contributed by atoms with Crippen LogP contribution in [0.15, 0.2) is 89.5 Å². The van der Waals surface area contributed by atoms with Crippen LogP contribution in [0, 0.1) is 0 Å². The van der Waals surface area contributed by atoms with Gasteiger partial charge in [-0.1, -0.05) is 78.0 Å². The smallest absolute Gasteiger partial charge is 0.240 e. The molecule has 0 fully saturated rings. The molecule has 0 spiro atoms. The minimum absolute atomic E-state index is 0.139. The first-order chi connectivity index (χ1) is 14.8. The second-order valence-electron chi connectivity index (χ2n) is 6.97. The maximum absolute atomic E-state index is 5.69. The average Bonchev–Trinajstić information content (AvgIpc) is 3.27. The third-order valence-electron chi connectivity index (χ3n) is 4.88. The van der Waals surface area contributed by atoms with Crippen molar-refractivity contribution in [1.82, 2.24) is 15.5 Å². The van der Waals surface area contributed by atoms with E-state index in [0.717, 1.165) is 17.7 Å². The number of para-hydroxylation sites is 1. The summed E-state index contributed by atoms with van der Waals surface area (Å²) in [7, 11) is 0. The second-order valence-corrected chi connectivity index (χ2v) is 6.97. The van der Waals surface area contributed by atoms with Crippen LogP contribution in [0.2, 0.25) is 0 Å². The molecule has 5 heteroatoms. The van der Waals surface area contributed by atoms with Gasteiger partial charge in [0.25, 0.3) is 0 Å². The topological polar surface area (TPSA) is 60.2 Å². The van der Waals surface area contributed by atoms with Gasteiger partial charge in [-0.05, 0) is 36.6 Å². The monoisotopic (exact) mass is 399 g/mol. The number of rotatable bonds is 9. The predicted octanol–water partition coefficient (Wildman–Crippen LogP) is 5.21. The molecule has 5 nitrogen and oxygen atoms in total. The van der Waals surface area contributed by atoms with E-state index in [1.165, 1.54) is 11.1 Å². The molecule has 4 rings (SSSR count). The van der Waals surface area contributed by atoms with E-state index in [1.54, 1.807) is 0 Å². The van der Waals surface area contributed by atoms with Gasteiger partial charge < -0.3 is 14.6 Å². The lowest BCUT2D eigenvalue weighted by molar-refractivity contribution is 0.340. The quantitative estimate of drug-likeness (QED) is 0.419. The van der Waals surface area contributed by atoms with E-state index in [0.29, 0.717) is 24.9 Å². The van der Waals surface area contributed by atoms with E-state index in [2.05, 4.69) is 64.0 Å². The van der Waals surface area contributed by atoms with Crippen LogP contribution in [0.4, 0.5) is 0 Å². The normalized spacial score (nSPS) is 11.9. The number of ether oxygens (including phenoxy) is 1. The zero-order chi connectivity index (χ0) is 20.6. The van der Waals surface area contributed by atoms with Crippen molar-refractivity contribution >= 4 is 0 Å². The molecule has 0 saturated heterocycles. The molecule has 1 unspecified atom stereocenters. The van der Waals surface area contributed by atoms with Crippen LogP contribution < -0.4 is 10.1 Å². The lowest BCUT2D eigenvalue weighted by atomic mass is 9.99. The van der Waals surface area contributed by atoms with Gasteiger partial charge in [0.1, 0.15) is 5.75 Å². The first-order valence-electron chi connectivity index (χ1n) is 10.2. The van der Waals surface area contributed by atoms with Gasteiger partial charge in [0.2, 0.25) is 11.7 Å². The van der Waals surface area contributed by atoms with Crippen LogP contribution in [0.3, 0.4) is 0 Å². The van der Waals surface area contributed by atoms with Crippen LogP contribution in [0.1, 0.15) is 30.0 Å². The van der Waals surface area contributed by atoms with Crippen molar-refractivity contribution in [3.63, 3.8) is 0 Å². The minimum atomic E-state index is 0.139. The van der Waals surface area contributed by atoms with E-state index in [1.807, 2.05) is 43.3 Å². The predicted molar refractivity (Wildman–Crippen MR) is 117 cm³/mol. The van der Waals surface area contributed by atoms with Crippen molar-refractivity contribution in [2.24, 2.45) is 0 Å². The molecular weight excluding hydrogens is 374 g/mol. The molecule has 0 aliphatic carbocycles. The van der Waals surface area contributed by atoms with E-state index in [9.17, 15) is 0 Å². The van der Waals surface area contributed by atoms with E-state index >= 15 is 0 Å². The molecule has 1 atom stereocenters. The Morgan fingerprint density at radius 2 is 1.60 bits per heavy atom. The minimum Gasteiger partial charge on any atom is -0.493 e. The lowest BCUT2D eigenvalue weighted by Gasteiger charge is -2.18. The SMILES string of the molecule is CCOc1ccccc1-c1noc(CNC(Cc2ccccc2)c2ccccc2)n1. The van der Waals surface area contributed by atoms with Crippen LogP contribution >= 0.6 is 0 Å². The molecule has 3 aromatic carbocycles. The first-order valence-corrected chi connectivity index (χ1v) is 10.2. The average molecular weight is 399 g/mol. The second kappa shape index (κ2) is 9.85. The van der Waals surface area contributed by atoms with Gasteiger partial charge in [-0.25, -0.2) is 0 Å². The lowest BCUT2D eigenvalue weighted by Crippen LogP contribution is -2.23. The maximum atomic E-state index is 5.69. The Balaban J connectivity index is 1.49. The molecular formula is C25H25N3O2. The zero-order valence-corrected chi connectivity index (χ0v) is 17.0. The summed E-state index contributed by atoms with van der Waals surface area (Å²) < 4.78 is 11.2. The fourth-order valence-electron chi connectivity index (χ4n) is 3.42. The van der Waals surface area contributed by atoms with Gasteiger partial charge in [0.15, 0.2) is 0 Å². The van der Waals surface area contributed by atoms with Gasteiger partial charge in [-0.2, -0.15) is 4.98 Å². The van der Waals surface area contributed by atoms with Gasteiger partial charge in [-0.3, -0.25) is 0 Å². The van der Waals surface area contributed by atoms with Gasteiger partial charge in [0, 0.05) is 6.04 Å². The summed E-state index contributed by atoms with van der Waals surface area (Å²) in [6, 6.07) is 28.8. The highest BCUT2D eigenvalue weighted by Gasteiger charge is 2.16. The molecule has 0 amide bonds. The Bertz CT molecular complexity index is 1050. The van der Waals surface area contributed by atoms with Gasteiger partial charge in [0.05, 0.1) is 18.7 Å². The number of nitrogens with one attached hydrogen (secondary N) is 1. The molecule has 0 radical (unpaired) electrons. The van der Waals surface area contributed by atoms with Crippen molar-refractivity contribution in [3.8, 4) is 17.1 Å². The summed E-state index contributed by atoms with van der Waals surface area (Å²) in [5, 5.41) is 7.74. The first kappa shape index (κ1) is 19.9. The summed E-state index contributed by atoms with van der Waals surface area (Å²) >= 11 is 0. The molecule has 1 aromatic heterocycles. The molecule has 30 heavy (non-hydrogen) atoms. The van der Waals surface area contributed by atoms with Crippen LogP contribution in [0.25, 0.3) is 11.4 Å². The summed E-state index contributed by atoms with van der Waals surface area (Å²) in [5.74, 6) is 1.84. The number of hydrogen-bond donors (Lipinski definition) is 1. The van der Waals surface area contributed by atoms with Crippen LogP contribution in [0.5, 0.6) is 5.75 Å². The molecule has 0 aliphatic rings. The van der Waals surface area contributed by atoms with Crippen molar-refractivity contribution in [2.75, 3.05) is 6.61 Å². The third kappa shape index (κ3) is 4.93. The molecule has 152 valence electrons. The zero-order valence-electron chi connectivity index (χ0n) is 17.0. The Kier molecular flexibility index (Phi) is 6.52. The van der Waals surface area contributed by atoms with E-state index in [-0.39, 0.29) is 6.04 Å². The van der Waals surface area contributed by atoms with Crippen LogP contribution in [-0.4, -0.2) is 16.7 Å². The summed E-state index contributed by atoms with van der Waals surface area (Å²) in [6.45, 7) is 3.02. The fraction of sp³-hybridized carbons (Fsp3) is 0.200. The highest BCUT2D eigenvalue weighted by atomic mass is 16.5. The molecule has 0 aliphatic heterocycles. The number of nitrogens with zero attached hydrogens (tertiary/aromatic N) is 2. The van der Waals surface area contributed by atoms with E-state index < -0.39 is 0 Å².